The maximum atomic E-state index is 11.0. The molecule has 1 aliphatic rings. The van der Waals surface area contributed by atoms with Crippen LogP contribution in [-0.4, -0.2) is 38.1 Å². The van der Waals surface area contributed by atoms with Crippen LogP contribution in [0.1, 0.15) is 0 Å². The maximum Gasteiger partial charge on any atom is 0.181 e. The number of hydrogen-bond donors (Lipinski definition) is 2. The van der Waals surface area contributed by atoms with Crippen LogP contribution in [0.15, 0.2) is 0 Å². The van der Waals surface area contributed by atoms with Gasteiger partial charge in [0, 0.05) is 6.54 Å². The highest BCUT2D eigenvalue weighted by Gasteiger charge is 2.31. The normalized spacial score (nSPS) is 33.2. The molecule has 0 aromatic rings. The lowest BCUT2D eigenvalue weighted by Gasteiger charge is -2.04. The van der Waals surface area contributed by atoms with E-state index in [9.17, 15) is 4.79 Å². The van der Waals surface area contributed by atoms with Crippen LogP contribution in [0, 0.1) is 0 Å². The van der Waals surface area contributed by atoms with Crippen LogP contribution in [0.2, 0.25) is 0 Å². The van der Waals surface area contributed by atoms with Gasteiger partial charge in [-0.15, -0.1) is 0 Å². The zero-order valence-corrected chi connectivity index (χ0v) is 5.96. The molecule has 10 heavy (non-hydrogen) atoms. The highest BCUT2D eigenvalue weighted by atomic mass is 16.5. The van der Waals surface area contributed by atoms with E-state index in [0.717, 1.165) is 0 Å². The van der Waals surface area contributed by atoms with Crippen molar-refractivity contribution in [1.29, 1.82) is 0 Å². The molecule has 0 spiro atoms. The SMILES string of the molecule is CNCC1OCC(N)C1=O. The molecule has 1 rings (SSSR count). The van der Waals surface area contributed by atoms with Crippen LogP contribution in [-0.2, 0) is 9.53 Å². The number of carbonyl (C=O) groups is 1. The summed E-state index contributed by atoms with van der Waals surface area (Å²) in [5, 5.41) is 2.86. The van der Waals surface area contributed by atoms with Crippen LogP contribution in [0.25, 0.3) is 0 Å². The summed E-state index contributed by atoms with van der Waals surface area (Å²) in [5.41, 5.74) is 5.40. The fourth-order valence-electron chi connectivity index (χ4n) is 0.968. The van der Waals surface area contributed by atoms with E-state index in [1.54, 1.807) is 7.05 Å². The summed E-state index contributed by atoms with van der Waals surface area (Å²) >= 11 is 0. The average Bonchev–Trinajstić information content (AvgIpc) is 2.20. The van der Waals surface area contributed by atoms with Crippen molar-refractivity contribution in [1.82, 2.24) is 5.32 Å². The predicted octanol–water partition coefficient (Wildman–Crippen LogP) is -1.50. The first-order valence-corrected chi connectivity index (χ1v) is 3.31. The summed E-state index contributed by atoms with van der Waals surface area (Å²) in [6, 6.07) is -0.404. The van der Waals surface area contributed by atoms with Gasteiger partial charge in [0.1, 0.15) is 6.10 Å². The first-order chi connectivity index (χ1) is 4.75. The molecule has 4 nitrogen and oxygen atoms in total. The third kappa shape index (κ3) is 1.34. The molecule has 0 radical (unpaired) electrons. The Morgan fingerprint density at radius 1 is 1.90 bits per heavy atom. The molecule has 0 saturated carbocycles. The van der Waals surface area contributed by atoms with Crippen molar-refractivity contribution in [3.8, 4) is 0 Å². The number of rotatable bonds is 2. The lowest BCUT2D eigenvalue weighted by Crippen LogP contribution is -2.35. The number of Topliss-reactive ketones (excluding diaryl/α,β-unsaturated/α-hetero) is 1. The minimum atomic E-state index is -0.404. The minimum absolute atomic E-state index is 0.00866. The number of nitrogens with one attached hydrogen (secondary N) is 1. The maximum absolute atomic E-state index is 11.0. The van der Waals surface area contributed by atoms with E-state index in [-0.39, 0.29) is 11.9 Å². The third-order valence-electron chi connectivity index (χ3n) is 1.55. The van der Waals surface area contributed by atoms with Gasteiger partial charge in [-0.25, -0.2) is 0 Å². The Kier molecular flexibility index (Phi) is 2.37. The molecule has 1 aliphatic heterocycles. The summed E-state index contributed by atoms with van der Waals surface area (Å²) < 4.78 is 5.08. The molecule has 58 valence electrons. The van der Waals surface area contributed by atoms with Gasteiger partial charge in [-0.1, -0.05) is 0 Å². The van der Waals surface area contributed by atoms with E-state index in [4.69, 9.17) is 10.5 Å². The van der Waals surface area contributed by atoms with Gasteiger partial charge in [0.05, 0.1) is 12.6 Å². The van der Waals surface area contributed by atoms with E-state index in [2.05, 4.69) is 5.32 Å². The molecule has 2 unspecified atom stereocenters. The van der Waals surface area contributed by atoms with Gasteiger partial charge in [0.2, 0.25) is 0 Å². The molecule has 2 atom stereocenters. The van der Waals surface area contributed by atoms with Crippen molar-refractivity contribution in [2.75, 3.05) is 20.2 Å². The Hall–Kier alpha value is -0.450. The predicted molar refractivity (Wildman–Crippen MR) is 36.6 cm³/mol. The highest BCUT2D eigenvalue weighted by molar-refractivity contribution is 5.90. The molecule has 0 amide bonds. The molecule has 0 aromatic heterocycles. The lowest BCUT2D eigenvalue weighted by molar-refractivity contribution is -0.122. The Morgan fingerprint density at radius 2 is 2.60 bits per heavy atom. The Bertz CT molecular complexity index is 136. The van der Waals surface area contributed by atoms with E-state index >= 15 is 0 Å². The fraction of sp³-hybridized carbons (Fsp3) is 0.833. The Labute approximate surface area is 59.7 Å². The standard InChI is InChI=1S/C6H12N2O2/c1-8-2-5-6(9)4(7)3-10-5/h4-5,8H,2-3,7H2,1H3. The molecule has 1 heterocycles. The molecule has 4 heteroatoms. The van der Waals surface area contributed by atoms with Crippen LogP contribution < -0.4 is 11.1 Å². The Balaban J connectivity index is 2.41. The number of ether oxygens (including phenoxy) is 1. The van der Waals surface area contributed by atoms with Gasteiger partial charge in [0.25, 0.3) is 0 Å². The topological polar surface area (TPSA) is 64.3 Å². The second kappa shape index (κ2) is 3.09. The number of hydrogen-bond acceptors (Lipinski definition) is 4. The van der Waals surface area contributed by atoms with Crippen molar-refractivity contribution in [3.05, 3.63) is 0 Å². The molecule has 0 aliphatic carbocycles. The zero-order chi connectivity index (χ0) is 7.56. The average molecular weight is 144 g/mol. The molecular formula is C6H12N2O2. The number of ketones is 1. The molecule has 1 saturated heterocycles. The molecular weight excluding hydrogens is 132 g/mol. The summed E-state index contributed by atoms with van der Waals surface area (Å²) in [6.07, 6.45) is -0.319. The summed E-state index contributed by atoms with van der Waals surface area (Å²) in [5.74, 6) is 0.00866. The number of carbonyl (C=O) groups excluding carboxylic acids is 1. The fourth-order valence-corrected chi connectivity index (χ4v) is 0.968. The van der Waals surface area contributed by atoms with Gasteiger partial charge < -0.3 is 15.8 Å². The largest absolute Gasteiger partial charge is 0.367 e. The Morgan fingerprint density at radius 3 is 3.00 bits per heavy atom. The van der Waals surface area contributed by atoms with Crippen LogP contribution in [0.4, 0.5) is 0 Å². The van der Waals surface area contributed by atoms with Crippen molar-refractivity contribution in [3.63, 3.8) is 0 Å². The first-order valence-electron chi connectivity index (χ1n) is 3.31. The van der Waals surface area contributed by atoms with Crippen LogP contribution in [0.3, 0.4) is 0 Å². The lowest BCUT2D eigenvalue weighted by atomic mass is 10.1. The minimum Gasteiger partial charge on any atom is -0.367 e. The second-order valence-electron chi connectivity index (χ2n) is 2.39. The van der Waals surface area contributed by atoms with Crippen LogP contribution >= 0.6 is 0 Å². The molecule has 3 N–H and O–H groups in total. The molecule has 1 fully saturated rings. The molecule has 0 aromatic carbocycles. The van der Waals surface area contributed by atoms with Gasteiger partial charge in [-0.3, -0.25) is 4.79 Å². The van der Waals surface area contributed by atoms with E-state index in [1.165, 1.54) is 0 Å². The quantitative estimate of drug-likeness (QED) is 0.495. The van der Waals surface area contributed by atoms with E-state index in [1.807, 2.05) is 0 Å². The highest BCUT2D eigenvalue weighted by Crippen LogP contribution is 2.05. The summed E-state index contributed by atoms with van der Waals surface area (Å²) in [7, 11) is 1.78. The summed E-state index contributed by atoms with van der Waals surface area (Å²) in [6.45, 7) is 0.928. The van der Waals surface area contributed by atoms with Crippen LogP contribution in [0.5, 0.6) is 0 Å². The first kappa shape index (κ1) is 7.65. The third-order valence-corrected chi connectivity index (χ3v) is 1.55. The molecule has 0 bridgehead atoms. The van der Waals surface area contributed by atoms with E-state index < -0.39 is 6.04 Å². The van der Waals surface area contributed by atoms with Crippen molar-refractivity contribution >= 4 is 5.78 Å². The zero-order valence-electron chi connectivity index (χ0n) is 5.96. The van der Waals surface area contributed by atoms with Crippen molar-refractivity contribution in [2.24, 2.45) is 5.73 Å². The number of likely N-dealkylation sites (N-methyl/N-ethyl adjacent to an activating group) is 1. The monoisotopic (exact) mass is 144 g/mol. The smallest absolute Gasteiger partial charge is 0.181 e. The summed E-state index contributed by atoms with van der Waals surface area (Å²) in [4.78, 5) is 11.0. The van der Waals surface area contributed by atoms with Gasteiger partial charge in [0.15, 0.2) is 5.78 Å². The second-order valence-corrected chi connectivity index (χ2v) is 2.39. The van der Waals surface area contributed by atoms with Gasteiger partial charge in [-0.05, 0) is 7.05 Å². The van der Waals surface area contributed by atoms with Gasteiger partial charge in [-0.2, -0.15) is 0 Å². The number of nitrogens with two attached hydrogens (primary N) is 1. The van der Waals surface area contributed by atoms with Crippen molar-refractivity contribution in [2.45, 2.75) is 12.1 Å². The van der Waals surface area contributed by atoms with Gasteiger partial charge >= 0.3 is 0 Å². The van der Waals surface area contributed by atoms with E-state index in [0.29, 0.717) is 13.2 Å². The van der Waals surface area contributed by atoms with Crippen molar-refractivity contribution < 1.29 is 9.53 Å².